The Balaban J connectivity index is 1.92. The standard InChI is InChI=1S/C15H20Cl2N2O3S/c1-2-9-23(21,22)19-7-5-12(6-8-19)18-15(20)13-4-3-11(16)10-14(13)17/h3-4,10,12H,2,5-9H2,1H3,(H,18,20). The number of halogens is 2. The lowest BCUT2D eigenvalue weighted by atomic mass is 10.1. The van der Waals surface area contributed by atoms with Gasteiger partial charge in [-0.15, -0.1) is 0 Å². The third-order valence-electron chi connectivity index (χ3n) is 3.82. The van der Waals surface area contributed by atoms with Crippen LogP contribution in [0, 0.1) is 0 Å². The third kappa shape index (κ3) is 4.83. The second-order valence-electron chi connectivity index (χ2n) is 5.59. The van der Waals surface area contributed by atoms with Crippen LogP contribution in [0.5, 0.6) is 0 Å². The maximum absolute atomic E-state index is 12.3. The molecule has 0 saturated carbocycles. The number of piperidine rings is 1. The number of sulfonamides is 1. The van der Waals surface area contributed by atoms with Crippen molar-refractivity contribution in [2.45, 2.75) is 32.2 Å². The summed E-state index contributed by atoms with van der Waals surface area (Å²) in [5.74, 6) is -0.0914. The smallest absolute Gasteiger partial charge is 0.253 e. The molecule has 5 nitrogen and oxygen atoms in total. The molecule has 0 radical (unpaired) electrons. The molecule has 0 bridgehead atoms. The Morgan fingerprint density at radius 3 is 2.52 bits per heavy atom. The molecule has 1 N–H and O–H groups in total. The van der Waals surface area contributed by atoms with Crippen LogP contribution in [0.1, 0.15) is 36.5 Å². The molecular weight excluding hydrogens is 359 g/mol. The molecule has 1 fully saturated rings. The highest BCUT2D eigenvalue weighted by Crippen LogP contribution is 2.22. The van der Waals surface area contributed by atoms with Crippen molar-refractivity contribution in [3.05, 3.63) is 33.8 Å². The summed E-state index contributed by atoms with van der Waals surface area (Å²) in [5.41, 5.74) is 0.372. The van der Waals surface area contributed by atoms with Crippen molar-refractivity contribution >= 4 is 39.1 Å². The highest BCUT2D eigenvalue weighted by atomic mass is 35.5. The van der Waals surface area contributed by atoms with Gasteiger partial charge in [-0.05, 0) is 37.5 Å². The zero-order chi connectivity index (χ0) is 17.0. The van der Waals surface area contributed by atoms with Crippen LogP contribution in [0.4, 0.5) is 0 Å². The molecule has 0 aromatic heterocycles. The SMILES string of the molecule is CCCS(=O)(=O)N1CCC(NC(=O)c2ccc(Cl)cc2Cl)CC1. The van der Waals surface area contributed by atoms with Crippen LogP contribution in [0.3, 0.4) is 0 Å². The van der Waals surface area contributed by atoms with Gasteiger partial charge < -0.3 is 5.32 Å². The second-order valence-corrected chi connectivity index (χ2v) is 8.52. The van der Waals surface area contributed by atoms with Crippen molar-refractivity contribution in [3.63, 3.8) is 0 Å². The third-order valence-corrected chi connectivity index (χ3v) is 6.44. The van der Waals surface area contributed by atoms with Crippen molar-refractivity contribution in [2.75, 3.05) is 18.8 Å². The van der Waals surface area contributed by atoms with Gasteiger partial charge in [-0.25, -0.2) is 12.7 Å². The molecule has 1 heterocycles. The summed E-state index contributed by atoms with van der Waals surface area (Å²) in [6.45, 7) is 2.71. The van der Waals surface area contributed by atoms with Gasteiger partial charge in [-0.3, -0.25) is 4.79 Å². The van der Waals surface area contributed by atoms with Crippen LogP contribution in [0.25, 0.3) is 0 Å². The van der Waals surface area contributed by atoms with E-state index in [2.05, 4.69) is 5.32 Å². The Morgan fingerprint density at radius 1 is 1.30 bits per heavy atom. The number of rotatable bonds is 5. The van der Waals surface area contributed by atoms with Crippen molar-refractivity contribution in [3.8, 4) is 0 Å². The molecule has 1 aliphatic rings. The van der Waals surface area contributed by atoms with Crippen LogP contribution >= 0.6 is 23.2 Å². The van der Waals surface area contributed by atoms with E-state index in [0.29, 0.717) is 48.0 Å². The fourth-order valence-corrected chi connectivity index (χ4v) is 4.64. The monoisotopic (exact) mass is 378 g/mol. The van der Waals surface area contributed by atoms with Gasteiger partial charge in [0.2, 0.25) is 10.0 Å². The summed E-state index contributed by atoms with van der Waals surface area (Å²) in [4.78, 5) is 12.3. The predicted molar refractivity (Wildman–Crippen MR) is 92.6 cm³/mol. The molecule has 8 heteroatoms. The Hall–Kier alpha value is -0.820. The van der Waals surface area contributed by atoms with Gasteiger partial charge in [0.25, 0.3) is 5.91 Å². The van der Waals surface area contributed by atoms with Crippen LogP contribution in [-0.2, 0) is 10.0 Å². The normalized spacial score (nSPS) is 17.2. The minimum Gasteiger partial charge on any atom is -0.349 e. The summed E-state index contributed by atoms with van der Waals surface area (Å²) in [6.07, 6.45) is 1.80. The molecule has 1 saturated heterocycles. The zero-order valence-electron chi connectivity index (χ0n) is 12.9. The molecule has 0 aliphatic carbocycles. The Morgan fingerprint density at radius 2 is 1.96 bits per heavy atom. The first kappa shape index (κ1) is 18.5. The summed E-state index contributed by atoms with van der Waals surface area (Å²) in [5, 5.41) is 3.69. The molecule has 0 unspecified atom stereocenters. The first-order valence-electron chi connectivity index (χ1n) is 7.57. The molecular formula is C15H20Cl2N2O3S. The van der Waals surface area contributed by atoms with Gasteiger partial charge in [0.15, 0.2) is 0 Å². The quantitative estimate of drug-likeness (QED) is 0.856. The van der Waals surface area contributed by atoms with Gasteiger partial charge in [-0.2, -0.15) is 0 Å². The molecule has 1 aromatic carbocycles. The van der Waals surface area contributed by atoms with E-state index in [1.807, 2.05) is 6.92 Å². The first-order chi connectivity index (χ1) is 10.8. The van der Waals surface area contributed by atoms with Crippen LogP contribution < -0.4 is 5.32 Å². The van der Waals surface area contributed by atoms with E-state index in [-0.39, 0.29) is 17.7 Å². The molecule has 1 aliphatic heterocycles. The highest BCUT2D eigenvalue weighted by Gasteiger charge is 2.28. The maximum atomic E-state index is 12.3. The van der Waals surface area contributed by atoms with Crippen LogP contribution in [0.15, 0.2) is 18.2 Å². The molecule has 1 aromatic rings. The van der Waals surface area contributed by atoms with Gasteiger partial charge in [0, 0.05) is 24.2 Å². The van der Waals surface area contributed by atoms with E-state index in [9.17, 15) is 13.2 Å². The molecule has 2 rings (SSSR count). The second kappa shape index (κ2) is 7.83. The van der Waals surface area contributed by atoms with Crippen molar-refractivity contribution in [2.24, 2.45) is 0 Å². The Labute approximate surface area is 147 Å². The predicted octanol–water partition coefficient (Wildman–Crippen LogP) is 2.93. The number of benzene rings is 1. The molecule has 0 spiro atoms. The number of amides is 1. The van der Waals surface area contributed by atoms with Gasteiger partial charge in [0.1, 0.15) is 0 Å². The minimum atomic E-state index is -3.16. The van der Waals surface area contributed by atoms with E-state index < -0.39 is 10.0 Å². The first-order valence-corrected chi connectivity index (χ1v) is 9.93. The summed E-state index contributed by atoms with van der Waals surface area (Å²) >= 11 is 11.8. The fourth-order valence-electron chi connectivity index (χ4n) is 2.60. The van der Waals surface area contributed by atoms with Crippen LogP contribution in [-0.4, -0.2) is 43.5 Å². The van der Waals surface area contributed by atoms with Gasteiger partial charge >= 0.3 is 0 Å². The van der Waals surface area contributed by atoms with E-state index >= 15 is 0 Å². The van der Waals surface area contributed by atoms with Crippen molar-refractivity contribution in [1.29, 1.82) is 0 Å². The maximum Gasteiger partial charge on any atom is 0.253 e. The highest BCUT2D eigenvalue weighted by molar-refractivity contribution is 7.89. The molecule has 0 atom stereocenters. The summed E-state index contributed by atoms with van der Waals surface area (Å²) < 4.78 is 25.6. The number of hydrogen-bond acceptors (Lipinski definition) is 3. The average Bonchev–Trinajstić information content (AvgIpc) is 2.47. The number of nitrogens with one attached hydrogen (secondary N) is 1. The zero-order valence-corrected chi connectivity index (χ0v) is 15.2. The molecule has 23 heavy (non-hydrogen) atoms. The lowest BCUT2D eigenvalue weighted by Gasteiger charge is -2.31. The number of carbonyl (C=O) groups is 1. The summed E-state index contributed by atoms with van der Waals surface area (Å²) in [7, 11) is -3.16. The fraction of sp³-hybridized carbons (Fsp3) is 0.533. The van der Waals surface area contributed by atoms with Crippen molar-refractivity contribution in [1.82, 2.24) is 9.62 Å². The Bertz CT molecular complexity index is 671. The topological polar surface area (TPSA) is 66.5 Å². The average molecular weight is 379 g/mol. The van der Waals surface area contributed by atoms with E-state index in [1.54, 1.807) is 12.1 Å². The van der Waals surface area contributed by atoms with E-state index in [4.69, 9.17) is 23.2 Å². The van der Waals surface area contributed by atoms with Crippen LogP contribution in [0.2, 0.25) is 10.0 Å². The number of hydrogen-bond donors (Lipinski definition) is 1. The van der Waals surface area contributed by atoms with E-state index in [1.165, 1.54) is 10.4 Å². The molecule has 128 valence electrons. The van der Waals surface area contributed by atoms with Gasteiger partial charge in [0.05, 0.1) is 16.3 Å². The van der Waals surface area contributed by atoms with Gasteiger partial charge in [-0.1, -0.05) is 30.1 Å². The lowest BCUT2D eigenvalue weighted by Crippen LogP contribution is -2.47. The minimum absolute atomic E-state index is 0.0534. The number of nitrogens with zero attached hydrogens (tertiary/aromatic N) is 1. The molecule has 1 amide bonds. The van der Waals surface area contributed by atoms with Crippen molar-refractivity contribution < 1.29 is 13.2 Å². The summed E-state index contributed by atoms with van der Waals surface area (Å²) in [6, 6.07) is 4.67. The van der Waals surface area contributed by atoms with E-state index in [0.717, 1.165) is 0 Å². The Kier molecular flexibility index (Phi) is 6.31. The number of carbonyl (C=O) groups excluding carboxylic acids is 1. The lowest BCUT2D eigenvalue weighted by molar-refractivity contribution is 0.0924. The largest absolute Gasteiger partial charge is 0.349 e.